The molecule has 3 rings (SSSR count). The van der Waals surface area contributed by atoms with Gasteiger partial charge in [0, 0.05) is 18.6 Å². The molecule has 3 aliphatic heterocycles. The molecule has 2 amide bonds. The van der Waals surface area contributed by atoms with E-state index >= 15 is 0 Å². The first-order valence-corrected chi connectivity index (χ1v) is 6.54. The van der Waals surface area contributed by atoms with Crippen molar-refractivity contribution < 1.29 is 9.59 Å². The maximum absolute atomic E-state index is 11.8. The molecule has 0 aromatic heterocycles. The topological polar surface area (TPSA) is 52.7 Å². The van der Waals surface area contributed by atoms with E-state index in [2.05, 4.69) is 10.2 Å². The molecule has 1 N–H and O–H groups in total. The van der Waals surface area contributed by atoms with Crippen LogP contribution in [-0.2, 0) is 9.59 Å². The van der Waals surface area contributed by atoms with Crippen molar-refractivity contribution >= 4 is 11.8 Å². The number of piperazine rings is 1. The van der Waals surface area contributed by atoms with Gasteiger partial charge in [-0.05, 0) is 32.2 Å². The molecule has 17 heavy (non-hydrogen) atoms. The molecule has 0 spiro atoms. The van der Waals surface area contributed by atoms with Gasteiger partial charge in [0.15, 0.2) is 0 Å². The number of hydrogen-bond acceptors (Lipinski definition) is 3. The number of fused-ring (bicyclic) bond motifs is 1. The van der Waals surface area contributed by atoms with Crippen molar-refractivity contribution in [3.05, 3.63) is 0 Å². The van der Waals surface area contributed by atoms with Gasteiger partial charge in [0.25, 0.3) is 0 Å². The summed E-state index contributed by atoms with van der Waals surface area (Å²) >= 11 is 0. The van der Waals surface area contributed by atoms with Gasteiger partial charge in [-0.1, -0.05) is 0 Å². The summed E-state index contributed by atoms with van der Waals surface area (Å²) in [6.45, 7) is 2.74. The minimum Gasteiger partial charge on any atom is -0.345 e. The fraction of sp³-hybridized carbons (Fsp3) is 0.833. The maximum Gasteiger partial charge on any atom is 0.242 e. The van der Waals surface area contributed by atoms with Gasteiger partial charge in [-0.15, -0.1) is 0 Å². The van der Waals surface area contributed by atoms with Gasteiger partial charge in [0.1, 0.15) is 0 Å². The van der Waals surface area contributed by atoms with Crippen LogP contribution in [0.25, 0.3) is 0 Å². The fourth-order valence-corrected chi connectivity index (χ4v) is 3.39. The number of amides is 2. The maximum atomic E-state index is 11.8. The number of rotatable bonds is 1. The predicted octanol–water partition coefficient (Wildman–Crippen LogP) is -0.428. The smallest absolute Gasteiger partial charge is 0.242 e. The third-order valence-electron chi connectivity index (χ3n) is 4.30. The Morgan fingerprint density at radius 1 is 1.12 bits per heavy atom. The monoisotopic (exact) mass is 237 g/mol. The molecule has 0 radical (unpaired) electrons. The van der Waals surface area contributed by atoms with Crippen molar-refractivity contribution in [1.82, 2.24) is 15.1 Å². The number of nitrogens with one attached hydrogen (secondary N) is 1. The van der Waals surface area contributed by atoms with Crippen LogP contribution < -0.4 is 5.32 Å². The van der Waals surface area contributed by atoms with Crippen molar-refractivity contribution in [3.63, 3.8) is 0 Å². The number of carbonyl (C=O) groups excluding carboxylic acids is 2. The lowest BCUT2D eigenvalue weighted by atomic mass is 9.95. The molecule has 3 saturated heterocycles. The number of nitrogens with zero attached hydrogens (tertiary/aromatic N) is 2. The Hall–Kier alpha value is -1.10. The van der Waals surface area contributed by atoms with Crippen LogP contribution >= 0.6 is 0 Å². The predicted molar refractivity (Wildman–Crippen MR) is 62.3 cm³/mol. The van der Waals surface area contributed by atoms with Gasteiger partial charge >= 0.3 is 0 Å². The van der Waals surface area contributed by atoms with Crippen molar-refractivity contribution in [2.45, 2.75) is 37.8 Å². The minimum absolute atomic E-state index is 0.0153. The first kappa shape index (κ1) is 11.0. The quantitative estimate of drug-likeness (QED) is 0.673. The Labute approximate surface area is 101 Å². The molecule has 0 aliphatic carbocycles. The first-order chi connectivity index (χ1) is 8.24. The van der Waals surface area contributed by atoms with Crippen LogP contribution in [0, 0.1) is 0 Å². The summed E-state index contributed by atoms with van der Waals surface area (Å²) in [5, 5.41) is 2.61. The molecule has 94 valence electrons. The second-order valence-electron chi connectivity index (χ2n) is 5.31. The van der Waals surface area contributed by atoms with E-state index in [9.17, 15) is 9.59 Å². The van der Waals surface area contributed by atoms with E-state index in [1.165, 1.54) is 19.4 Å². The molecule has 2 atom stereocenters. The molecular formula is C12H19N3O2. The summed E-state index contributed by atoms with van der Waals surface area (Å²) in [5.41, 5.74) is 0. The van der Waals surface area contributed by atoms with Gasteiger partial charge in [-0.2, -0.15) is 0 Å². The van der Waals surface area contributed by atoms with E-state index in [0.29, 0.717) is 6.04 Å². The number of hydrogen-bond donors (Lipinski definition) is 1. The van der Waals surface area contributed by atoms with E-state index in [4.69, 9.17) is 0 Å². The summed E-state index contributed by atoms with van der Waals surface area (Å²) < 4.78 is 0. The lowest BCUT2D eigenvalue weighted by molar-refractivity contribution is -0.144. The van der Waals surface area contributed by atoms with Gasteiger partial charge in [0.05, 0.1) is 13.1 Å². The molecule has 5 nitrogen and oxygen atoms in total. The van der Waals surface area contributed by atoms with Crippen LogP contribution in [0.5, 0.6) is 0 Å². The molecule has 0 aromatic carbocycles. The van der Waals surface area contributed by atoms with Gasteiger partial charge < -0.3 is 15.1 Å². The molecule has 3 aliphatic rings. The first-order valence-electron chi connectivity index (χ1n) is 6.54. The van der Waals surface area contributed by atoms with Gasteiger partial charge in [-0.25, -0.2) is 0 Å². The normalized spacial score (nSPS) is 34.7. The van der Waals surface area contributed by atoms with Crippen LogP contribution in [0.1, 0.15) is 25.7 Å². The largest absolute Gasteiger partial charge is 0.345 e. The summed E-state index contributed by atoms with van der Waals surface area (Å²) in [7, 11) is 0. The molecule has 3 fully saturated rings. The van der Waals surface area contributed by atoms with E-state index in [-0.39, 0.29) is 30.9 Å². The van der Waals surface area contributed by atoms with Crippen molar-refractivity contribution in [3.8, 4) is 0 Å². The van der Waals surface area contributed by atoms with Gasteiger partial charge in [0.2, 0.25) is 11.8 Å². The average molecular weight is 237 g/mol. The fourth-order valence-electron chi connectivity index (χ4n) is 3.39. The molecule has 0 saturated carbocycles. The Bertz CT molecular complexity index is 345. The number of carbonyl (C=O) groups is 2. The van der Waals surface area contributed by atoms with Crippen LogP contribution in [-0.4, -0.2) is 59.9 Å². The minimum atomic E-state index is -0.0153. The SMILES string of the molecule is O=C1CN(C2CCN3CCCC3C2)C(=O)CN1. The van der Waals surface area contributed by atoms with Crippen LogP contribution in [0.2, 0.25) is 0 Å². The van der Waals surface area contributed by atoms with E-state index < -0.39 is 0 Å². The van der Waals surface area contributed by atoms with Crippen LogP contribution in [0.4, 0.5) is 0 Å². The summed E-state index contributed by atoms with van der Waals surface area (Å²) in [6, 6.07) is 0.930. The van der Waals surface area contributed by atoms with Crippen molar-refractivity contribution in [2.75, 3.05) is 26.2 Å². The Kier molecular flexibility index (Phi) is 2.78. The third kappa shape index (κ3) is 2.04. The van der Waals surface area contributed by atoms with Gasteiger partial charge in [-0.3, -0.25) is 9.59 Å². The highest BCUT2D eigenvalue weighted by atomic mass is 16.2. The zero-order chi connectivity index (χ0) is 11.8. The highest BCUT2D eigenvalue weighted by molar-refractivity contribution is 5.92. The van der Waals surface area contributed by atoms with Crippen LogP contribution in [0.3, 0.4) is 0 Å². The third-order valence-corrected chi connectivity index (χ3v) is 4.30. The molecule has 2 unspecified atom stereocenters. The Morgan fingerprint density at radius 2 is 2.00 bits per heavy atom. The van der Waals surface area contributed by atoms with E-state index in [1.807, 2.05) is 0 Å². The zero-order valence-corrected chi connectivity index (χ0v) is 10.0. The summed E-state index contributed by atoms with van der Waals surface area (Å²) in [6.07, 6.45) is 4.62. The summed E-state index contributed by atoms with van der Waals surface area (Å²) in [5.74, 6) is 0.0690. The highest BCUT2D eigenvalue weighted by Crippen LogP contribution is 2.29. The zero-order valence-electron chi connectivity index (χ0n) is 10.0. The Morgan fingerprint density at radius 3 is 2.88 bits per heavy atom. The summed E-state index contributed by atoms with van der Waals surface area (Å²) in [4.78, 5) is 27.5. The van der Waals surface area contributed by atoms with Crippen molar-refractivity contribution in [1.29, 1.82) is 0 Å². The standard InChI is InChI=1S/C12H19N3O2/c16-11-8-15(12(17)7-13-11)10-3-5-14-4-1-2-9(14)6-10/h9-10H,1-8H2,(H,13,16). The lowest BCUT2D eigenvalue weighted by Crippen LogP contribution is -2.58. The van der Waals surface area contributed by atoms with E-state index in [1.54, 1.807) is 4.90 Å². The second-order valence-corrected chi connectivity index (χ2v) is 5.31. The molecule has 3 heterocycles. The number of piperidine rings is 1. The molecule has 0 aromatic rings. The average Bonchev–Trinajstić information content (AvgIpc) is 2.79. The highest BCUT2D eigenvalue weighted by Gasteiger charge is 2.37. The molecule has 5 heteroatoms. The lowest BCUT2D eigenvalue weighted by Gasteiger charge is -2.41. The van der Waals surface area contributed by atoms with Crippen LogP contribution in [0.15, 0.2) is 0 Å². The molecular weight excluding hydrogens is 218 g/mol. The second kappa shape index (κ2) is 4.29. The molecule has 0 bridgehead atoms. The van der Waals surface area contributed by atoms with E-state index in [0.717, 1.165) is 19.4 Å². The van der Waals surface area contributed by atoms with Crippen molar-refractivity contribution in [2.24, 2.45) is 0 Å². The Balaban J connectivity index is 1.67.